The Hall–Kier alpha value is -2.76. The molecule has 20 heavy (non-hydrogen) atoms. The molecule has 0 unspecified atom stereocenters. The van der Waals surface area contributed by atoms with E-state index in [1.54, 1.807) is 25.1 Å². The molecule has 0 aliphatic carbocycles. The second kappa shape index (κ2) is 5.48. The number of carboxylic acids is 1. The molecule has 0 amide bonds. The predicted octanol–water partition coefficient (Wildman–Crippen LogP) is 2.14. The van der Waals surface area contributed by atoms with Crippen molar-refractivity contribution in [3.05, 3.63) is 42.1 Å². The zero-order chi connectivity index (χ0) is 14.7. The van der Waals surface area contributed by atoms with Gasteiger partial charge in [-0.2, -0.15) is 0 Å². The summed E-state index contributed by atoms with van der Waals surface area (Å²) in [6, 6.07) is 8.68. The lowest BCUT2D eigenvalue weighted by Crippen LogP contribution is -2.17. The zero-order valence-electron chi connectivity index (χ0n) is 11.2. The zero-order valence-corrected chi connectivity index (χ0v) is 11.2. The number of carboxylic acid groups (broad SMARTS) is 1. The first-order valence-corrected chi connectivity index (χ1v) is 5.90. The number of methoxy groups -OCH3 is 1. The van der Waals surface area contributed by atoms with Gasteiger partial charge in [-0.05, 0) is 18.2 Å². The van der Waals surface area contributed by atoms with Crippen molar-refractivity contribution in [2.24, 2.45) is 0 Å². The Bertz CT molecular complexity index is 643. The minimum absolute atomic E-state index is 0.0402. The minimum Gasteiger partial charge on any atom is -0.495 e. The molecule has 2 aromatic rings. The quantitative estimate of drug-likeness (QED) is 0.887. The van der Waals surface area contributed by atoms with Gasteiger partial charge in [0.25, 0.3) is 0 Å². The van der Waals surface area contributed by atoms with Crippen LogP contribution in [0, 0.1) is 0 Å². The van der Waals surface area contributed by atoms with Gasteiger partial charge in [0, 0.05) is 7.05 Å². The molecule has 104 valence electrons. The first-order valence-electron chi connectivity index (χ1n) is 5.90. The van der Waals surface area contributed by atoms with E-state index in [1.807, 2.05) is 18.2 Å². The van der Waals surface area contributed by atoms with Crippen LogP contribution in [0.15, 0.2) is 36.5 Å². The lowest BCUT2D eigenvalue weighted by atomic mass is 10.2. The van der Waals surface area contributed by atoms with Crippen LogP contribution in [0.2, 0.25) is 0 Å². The first kappa shape index (κ1) is 13.7. The Balaban J connectivity index is 2.53. The van der Waals surface area contributed by atoms with Crippen molar-refractivity contribution in [1.82, 2.24) is 4.98 Å². The Kier molecular flexibility index (Phi) is 3.74. The molecule has 2 rings (SSSR count). The molecular weight excluding hydrogens is 258 g/mol. The summed E-state index contributed by atoms with van der Waals surface area (Å²) < 4.78 is 5.27. The van der Waals surface area contributed by atoms with Crippen LogP contribution in [0.3, 0.4) is 0 Å². The number of rotatable bonds is 4. The van der Waals surface area contributed by atoms with E-state index in [9.17, 15) is 9.90 Å². The highest BCUT2D eigenvalue weighted by molar-refractivity contribution is 5.95. The maximum Gasteiger partial charge on any atom is 0.339 e. The van der Waals surface area contributed by atoms with Crippen molar-refractivity contribution < 1.29 is 14.6 Å². The summed E-state index contributed by atoms with van der Waals surface area (Å²) in [5, 5.41) is 9.26. The number of aromatic nitrogens is 1. The normalized spacial score (nSPS) is 10.1. The number of nitrogens with zero attached hydrogens (tertiary/aromatic N) is 2. The standard InChI is InChI=1S/C14H15N3O3/c1-17(11-5-3-4-6-12(11)20-2)13-10(14(18)19)7-9(15)8-16-13/h3-8H,15H2,1-2H3,(H,18,19). The third-order valence-electron chi connectivity index (χ3n) is 2.88. The number of carbonyl (C=O) groups is 1. The van der Waals surface area contributed by atoms with Gasteiger partial charge >= 0.3 is 5.97 Å². The maximum absolute atomic E-state index is 11.3. The first-order chi connectivity index (χ1) is 9.54. The third kappa shape index (κ3) is 2.49. The number of hydrogen-bond acceptors (Lipinski definition) is 5. The van der Waals surface area contributed by atoms with Gasteiger partial charge in [0.15, 0.2) is 0 Å². The molecule has 0 radical (unpaired) electrons. The van der Waals surface area contributed by atoms with E-state index in [1.165, 1.54) is 12.3 Å². The van der Waals surface area contributed by atoms with Gasteiger partial charge in [-0.25, -0.2) is 9.78 Å². The van der Waals surface area contributed by atoms with Crippen molar-refractivity contribution >= 4 is 23.2 Å². The fourth-order valence-electron chi connectivity index (χ4n) is 1.92. The Labute approximate surface area is 116 Å². The molecule has 0 bridgehead atoms. The molecule has 0 aliphatic rings. The molecule has 0 aliphatic heterocycles. The van der Waals surface area contributed by atoms with Crippen LogP contribution in [0.5, 0.6) is 5.75 Å². The molecule has 6 nitrogen and oxygen atoms in total. The highest BCUT2D eigenvalue weighted by Crippen LogP contribution is 2.33. The SMILES string of the molecule is COc1ccccc1N(C)c1ncc(N)cc1C(=O)O. The van der Waals surface area contributed by atoms with E-state index >= 15 is 0 Å². The van der Waals surface area contributed by atoms with Crippen LogP contribution in [0.1, 0.15) is 10.4 Å². The fraction of sp³-hybridized carbons (Fsp3) is 0.143. The summed E-state index contributed by atoms with van der Waals surface area (Å²) >= 11 is 0. The Morgan fingerprint density at radius 3 is 2.75 bits per heavy atom. The van der Waals surface area contributed by atoms with Gasteiger partial charge in [0.1, 0.15) is 17.1 Å². The molecule has 0 fully saturated rings. The lowest BCUT2D eigenvalue weighted by molar-refractivity contribution is 0.0697. The van der Waals surface area contributed by atoms with Crippen LogP contribution < -0.4 is 15.4 Å². The molecule has 0 saturated heterocycles. The minimum atomic E-state index is -1.08. The number of para-hydroxylation sites is 2. The molecule has 1 aromatic carbocycles. The van der Waals surface area contributed by atoms with Crippen molar-refractivity contribution in [3.63, 3.8) is 0 Å². The van der Waals surface area contributed by atoms with E-state index < -0.39 is 5.97 Å². The number of hydrogen-bond donors (Lipinski definition) is 2. The maximum atomic E-state index is 11.3. The molecule has 1 aromatic heterocycles. The number of pyridine rings is 1. The third-order valence-corrected chi connectivity index (χ3v) is 2.88. The molecule has 0 saturated carbocycles. The summed E-state index contributed by atoms with van der Waals surface area (Å²) in [4.78, 5) is 17.1. The smallest absolute Gasteiger partial charge is 0.339 e. The number of anilines is 3. The second-order valence-electron chi connectivity index (χ2n) is 4.18. The van der Waals surface area contributed by atoms with E-state index in [0.717, 1.165) is 5.69 Å². The van der Waals surface area contributed by atoms with Crippen molar-refractivity contribution in [1.29, 1.82) is 0 Å². The van der Waals surface area contributed by atoms with Gasteiger partial charge in [-0.1, -0.05) is 12.1 Å². The van der Waals surface area contributed by atoms with Gasteiger partial charge in [-0.15, -0.1) is 0 Å². The van der Waals surface area contributed by atoms with Crippen LogP contribution >= 0.6 is 0 Å². The van der Waals surface area contributed by atoms with Crippen LogP contribution in [-0.4, -0.2) is 30.2 Å². The highest BCUT2D eigenvalue weighted by atomic mass is 16.5. The van der Waals surface area contributed by atoms with Crippen LogP contribution in [0.25, 0.3) is 0 Å². The average Bonchev–Trinajstić information content (AvgIpc) is 2.46. The van der Waals surface area contributed by atoms with Crippen molar-refractivity contribution in [2.75, 3.05) is 24.8 Å². The largest absolute Gasteiger partial charge is 0.495 e. The second-order valence-corrected chi connectivity index (χ2v) is 4.18. The van der Waals surface area contributed by atoms with Gasteiger partial charge in [-0.3, -0.25) is 0 Å². The number of nitrogens with two attached hydrogens (primary N) is 1. The monoisotopic (exact) mass is 273 g/mol. The highest BCUT2D eigenvalue weighted by Gasteiger charge is 2.18. The fourth-order valence-corrected chi connectivity index (χ4v) is 1.92. The lowest BCUT2D eigenvalue weighted by Gasteiger charge is -2.22. The van der Waals surface area contributed by atoms with E-state index in [0.29, 0.717) is 17.3 Å². The summed E-state index contributed by atoms with van der Waals surface area (Å²) in [5.74, 6) is -0.150. The molecular formula is C14H15N3O3. The van der Waals surface area contributed by atoms with Crippen LogP contribution in [0.4, 0.5) is 17.2 Å². The summed E-state index contributed by atoms with van der Waals surface area (Å²) in [6.45, 7) is 0. The molecule has 0 spiro atoms. The van der Waals surface area contributed by atoms with Gasteiger partial charge in [0.2, 0.25) is 0 Å². The molecule has 6 heteroatoms. The van der Waals surface area contributed by atoms with E-state index in [4.69, 9.17) is 10.5 Å². The molecule has 0 atom stereocenters. The number of benzene rings is 1. The number of aromatic carboxylic acids is 1. The molecule has 3 N–H and O–H groups in total. The Morgan fingerprint density at radius 2 is 2.10 bits per heavy atom. The topological polar surface area (TPSA) is 88.7 Å². The molecule has 1 heterocycles. The summed E-state index contributed by atoms with van der Waals surface area (Å²) in [6.07, 6.45) is 1.42. The van der Waals surface area contributed by atoms with Crippen molar-refractivity contribution in [3.8, 4) is 5.75 Å². The number of ether oxygens (including phenoxy) is 1. The van der Waals surface area contributed by atoms with Gasteiger partial charge < -0.3 is 20.5 Å². The number of nitrogen functional groups attached to an aromatic ring is 1. The average molecular weight is 273 g/mol. The predicted molar refractivity (Wildman–Crippen MR) is 76.7 cm³/mol. The van der Waals surface area contributed by atoms with Crippen LogP contribution in [-0.2, 0) is 0 Å². The van der Waals surface area contributed by atoms with Crippen molar-refractivity contribution in [2.45, 2.75) is 0 Å². The summed E-state index contributed by atoms with van der Waals surface area (Å²) in [5.41, 5.74) is 6.65. The van der Waals surface area contributed by atoms with E-state index in [-0.39, 0.29) is 5.56 Å². The summed E-state index contributed by atoms with van der Waals surface area (Å²) in [7, 11) is 3.28. The van der Waals surface area contributed by atoms with Gasteiger partial charge in [0.05, 0.1) is 24.7 Å². The van der Waals surface area contributed by atoms with E-state index in [2.05, 4.69) is 4.98 Å². The Morgan fingerprint density at radius 1 is 1.40 bits per heavy atom.